The van der Waals surface area contributed by atoms with Gasteiger partial charge < -0.3 is 10.2 Å². The maximum absolute atomic E-state index is 6.15. The molecule has 0 bridgehead atoms. The average molecular weight is 238 g/mol. The van der Waals surface area contributed by atoms with E-state index in [0.717, 1.165) is 16.7 Å². The largest absolute Gasteiger partial charge is 0.459 e. The minimum absolute atomic E-state index is 0.0162. The molecule has 0 amide bonds. The zero-order valence-electron chi connectivity index (χ0n) is 9.75. The fourth-order valence-electron chi connectivity index (χ4n) is 1.61. The summed E-state index contributed by atoms with van der Waals surface area (Å²) >= 11 is 5.92. The molecular formula is C13H16ClNO. The predicted octanol–water partition coefficient (Wildman–Crippen LogP) is 4.13. The highest BCUT2D eigenvalue weighted by molar-refractivity contribution is 6.31. The quantitative estimate of drug-likeness (QED) is 0.810. The molecule has 1 unspecified atom stereocenters. The molecule has 0 fully saturated rings. The zero-order chi connectivity index (χ0) is 11.9. The first-order valence-electron chi connectivity index (χ1n) is 5.32. The van der Waals surface area contributed by atoms with Crippen molar-refractivity contribution in [3.8, 4) is 0 Å². The molecule has 16 heavy (non-hydrogen) atoms. The van der Waals surface area contributed by atoms with Crippen LogP contribution in [0.1, 0.15) is 32.6 Å². The SMILES string of the molecule is CC(C)(C)C(N)c1cc2cc(Cl)ccc2o1. The van der Waals surface area contributed by atoms with E-state index in [9.17, 15) is 0 Å². The van der Waals surface area contributed by atoms with Crippen molar-refractivity contribution >= 4 is 22.6 Å². The molecule has 0 radical (unpaired) electrons. The molecular weight excluding hydrogens is 222 g/mol. The maximum Gasteiger partial charge on any atom is 0.134 e. The lowest BCUT2D eigenvalue weighted by Gasteiger charge is -2.24. The lowest BCUT2D eigenvalue weighted by atomic mass is 9.86. The van der Waals surface area contributed by atoms with E-state index in [-0.39, 0.29) is 11.5 Å². The highest BCUT2D eigenvalue weighted by Gasteiger charge is 2.25. The molecule has 1 heterocycles. The topological polar surface area (TPSA) is 39.2 Å². The second kappa shape index (κ2) is 3.79. The molecule has 2 rings (SSSR count). The number of furan rings is 1. The summed E-state index contributed by atoms with van der Waals surface area (Å²) in [5.74, 6) is 0.810. The van der Waals surface area contributed by atoms with E-state index in [1.165, 1.54) is 0 Å². The Morgan fingerprint density at radius 1 is 1.25 bits per heavy atom. The smallest absolute Gasteiger partial charge is 0.134 e. The van der Waals surface area contributed by atoms with Gasteiger partial charge in [0.15, 0.2) is 0 Å². The van der Waals surface area contributed by atoms with Crippen molar-refractivity contribution in [1.82, 2.24) is 0 Å². The van der Waals surface area contributed by atoms with Crippen LogP contribution >= 0.6 is 11.6 Å². The predicted molar refractivity (Wildman–Crippen MR) is 67.6 cm³/mol. The minimum atomic E-state index is -0.112. The number of hydrogen-bond acceptors (Lipinski definition) is 2. The number of hydrogen-bond donors (Lipinski definition) is 1. The maximum atomic E-state index is 6.15. The van der Waals surface area contributed by atoms with Crippen molar-refractivity contribution in [3.05, 3.63) is 35.0 Å². The van der Waals surface area contributed by atoms with Crippen LogP contribution in [0.5, 0.6) is 0 Å². The van der Waals surface area contributed by atoms with Gasteiger partial charge >= 0.3 is 0 Å². The van der Waals surface area contributed by atoms with Crippen molar-refractivity contribution in [2.75, 3.05) is 0 Å². The number of halogens is 1. The van der Waals surface area contributed by atoms with Gasteiger partial charge in [-0.2, -0.15) is 0 Å². The van der Waals surface area contributed by atoms with Crippen LogP contribution in [0.15, 0.2) is 28.7 Å². The molecule has 0 saturated carbocycles. The molecule has 1 atom stereocenters. The van der Waals surface area contributed by atoms with Gasteiger partial charge in [0, 0.05) is 10.4 Å². The first-order chi connectivity index (χ1) is 7.38. The molecule has 0 saturated heterocycles. The van der Waals surface area contributed by atoms with Crippen molar-refractivity contribution in [2.45, 2.75) is 26.8 Å². The fraction of sp³-hybridized carbons (Fsp3) is 0.385. The van der Waals surface area contributed by atoms with Gasteiger partial charge in [-0.15, -0.1) is 0 Å². The number of rotatable bonds is 1. The molecule has 2 N–H and O–H groups in total. The Bertz CT molecular complexity index is 510. The zero-order valence-corrected chi connectivity index (χ0v) is 10.5. The molecule has 0 spiro atoms. The van der Waals surface area contributed by atoms with E-state index in [1.54, 1.807) is 0 Å². The van der Waals surface area contributed by atoms with Crippen LogP contribution in [0, 0.1) is 5.41 Å². The van der Waals surface area contributed by atoms with Crippen LogP contribution < -0.4 is 5.73 Å². The summed E-state index contributed by atoms with van der Waals surface area (Å²) in [4.78, 5) is 0. The van der Waals surface area contributed by atoms with E-state index >= 15 is 0 Å². The van der Waals surface area contributed by atoms with Gasteiger partial charge in [0.1, 0.15) is 11.3 Å². The summed E-state index contributed by atoms with van der Waals surface area (Å²) in [6.45, 7) is 6.29. The van der Waals surface area contributed by atoms with E-state index in [0.29, 0.717) is 5.02 Å². The third-order valence-electron chi connectivity index (χ3n) is 2.74. The number of benzene rings is 1. The molecule has 2 aromatic rings. The lowest BCUT2D eigenvalue weighted by Crippen LogP contribution is -2.25. The summed E-state index contributed by atoms with van der Waals surface area (Å²) < 4.78 is 5.73. The highest BCUT2D eigenvalue weighted by atomic mass is 35.5. The van der Waals surface area contributed by atoms with Crippen molar-refractivity contribution in [1.29, 1.82) is 0 Å². The summed E-state index contributed by atoms with van der Waals surface area (Å²) in [6.07, 6.45) is 0. The molecule has 86 valence electrons. The first kappa shape index (κ1) is 11.5. The van der Waals surface area contributed by atoms with Crippen LogP contribution in [0.2, 0.25) is 5.02 Å². The van der Waals surface area contributed by atoms with E-state index in [2.05, 4.69) is 20.8 Å². The molecule has 2 nitrogen and oxygen atoms in total. The number of fused-ring (bicyclic) bond motifs is 1. The first-order valence-corrected chi connectivity index (χ1v) is 5.70. The Labute approximate surface area is 100 Å². The fourth-order valence-corrected chi connectivity index (χ4v) is 1.80. The van der Waals surface area contributed by atoms with Crippen LogP contribution in [0.3, 0.4) is 0 Å². The normalized spacial score (nSPS) is 14.3. The van der Waals surface area contributed by atoms with Gasteiger partial charge in [0.25, 0.3) is 0 Å². The van der Waals surface area contributed by atoms with E-state index in [1.807, 2.05) is 24.3 Å². The second-order valence-electron chi connectivity index (χ2n) is 5.17. The standard InChI is InChI=1S/C13H16ClNO/c1-13(2,3)12(15)11-7-8-6-9(14)4-5-10(8)16-11/h4-7,12H,15H2,1-3H3. The minimum Gasteiger partial charge on any atom is -0.459 e. The van der Waals surface area contributed by atoms with E-state index < -0.39 is 0 Å². The van der Waals surface area contributed by atoms with Crippen LogP contribution in [-0.4, -0.2) is 0 Å². The Morgan fingerprint density at radius 3 is 2.56 bits per heavy atom. The third-order valence-corrected chi connectivity index (χ3v) is 2.97. The summed E-state index contributed by atoms with van der Waals surface area (Å²) in [7, 11) is 0. The third kappa shape index (κ3) is 2.08. The van der Waals surface area contributed by atoms with Crippen LogP contribution in [0.4, 0.5) is 0 Å². The van der Waals surface area contributed by atoms with Crippen LogP contribution in [-0.2, 0) is 0 Å². The molecule has 0 aliphatic rings. The van der Waals surface area contributed by atoms with Crippen molar-refractivity contribution in [2.24, 2.45) is 11.1 Å². The molecule has 3 heteroatoms. The van der Waals surface area contributed by atoms with Crippen LogP contribution in [0.25, 0.3) is 11.0 Å². The van der Waals surface area contributed by atoms with E-state index in [4.69, 9.17) is 21.8 Å². The average Bonchev–Trinajstić information content (AvgIpc) is 2.57. The van der Waals surface area contributed by atoms with Gasteiger partial charge in [-0.3, -0.25) is 0 Å². The Morgan fingerprint density at radius 2 is 1.94 bits per heavy atom. The summed E-state index contributed by atoms with van der Waals surface area (Å²) in [5, 5.41) is 1.71. The van der Waals surface area contributed by atoms with Gasteiger partial charge in [0.2, 0.25) is 0 Å². The molecule has 1 aromatic heterocycles. The Hall–Kier alpha value is -0.990. The molecule has 0 aliphatic heterocycles. The summed E-state index contributed by atoms with van der Waals surface area (Å²) in [6, 6.07) is 7.44. The Balaban J connectivity index is 2.47. The van der Waals surface area contributed by atoms with Gasteiger partial charge in [-0.1, -0.05) is 32.4 Å². The van der Waals surface area contributed by atoms with Crippen molar-refractivity contribution < 1.29 is 4.42 Å². The van der Waals surface area contributed by atoms with Gasteiger partial charge in [-0.05, 0) is 29.7 Å². The highest BCUT2D eigenvalue weighted by Crippen LogP contribution is 2.34. The number of nitrogens with two attached hydrogens (primary N) is 1. The van der Waals surface area contributed by atoms with Gasteiger partial charge in [-0.25, -0.2) is 0 Å². The van der Waals surface area contributed by atoms with Crippen molar-refractivity contribution in [3.63, 3.8) is 0 Å². The summed E-state index contributed by atoms with van der Waals surface area (Å²) in [5.41, 5.74) is 6.96. The monoisotopic (exact) mass is 237 g/mol. The molecule has 0 aliphatic carbocycles. The second-order valence-corrected chi connectivity index (χ2v) is 5.61. The Kier molecular flexibility index (Phi) is 2.72. The van der Waals surface area contributed by atoms with Gasteiger partial charge in [0.05, 0.1) is 6.04 Å². The lowest BCUT2D eigenvalue weighted by molar-refractivity contribution is 0.290. The molecule has 1 aromatic carbocycles.